The summed E-state index contributed by atoms with van der Waals surface area (Å²) in [5, 5.41) is 11.2. The molecule has 2 aliphatic carbocycles. The molecule has 7 heteroatoms. The lowest BCUT2D eigenvalue weighted by atomic mass is 9.52. The number of methoxy groups -OCH3 is 4. The highest BCUT2D eigenvalue weighted by molar-refractivity contribution is 5.96. The number of ether oxygens (including phenoxy) is 4. The van der Waals surface area contributed by atoms with Crippen molar-refractivity contribution in [2.75, 3.05) is 42.0 Å². The third kappa shape index (κ3) is 2.18. The van der Waals surface area contributed by atoms with Crippen LogP contribution < -0.4 is 4.74 Å². The van der Waals surface area contributed by atoms with E-state index in [-0.39, 0.29) is 29.9 Å². The summed E-state index contributed by atoms with van der Waals surface area (Å²) < 4.78 is 22.8. The minimum Gasteiger partial charge on any atom is -0.504 e. The summed E-state index contributed by atoms with van der Waals surface area (Å²) in [6.07, 6.45) is 2.88. The Morgan fingerprint density at radius 1 is 1.14 bits per heavy atom. The van der Waals surface area contributed by atoms with Crippen molar-refractivity contribution in [2.45, 2.75) is 30.1 Å². The Balaban J connectivity index is 2.10. The molecule has 28 heavy (non-hydrogen) atoms. The number of carbonyl (C=O) groups is 1. The van der Waals surface area contributed by atoms with Gasteiger partial charge in [0.05, 0.1) is 20.3 Å². The highest BCUT2D eigenvalue weighted by Gasteiger charge is 2.65. The molecule has 3 atom stereocenters. The fourth-order valence-corrected chi connectivity index (χ4v) is 5.67. The molecule has 1 aromatic carbocycles. The average Bonchev–Trinajstić information content (AvgIpc) is 2.70. The molecule has 0 amide bonds. The van der Waals surface area contributed by atoms with Gasteiger partial charge in [-0.3, -0.25) is 9.69 Å². The number of benzene rings is 1. The van der Waals surface area contributed by atoms with Crippen LogP contribution in [-0.2, 0) is 30.2 Å². The van der Waals surface area contributed by atoms with Crippen LogP contribution in [0.2, 0.25) is 0 Å². The standard InChI is InChI=1S/C21H27NO6/c1-22-9-8-20-11-14(23)16(26-3)10-13(20)19(22)21(27-4,28-5)12-6-7-15(25-2)18(24)17(12)20/h6-7,10,13,19,24H,8-9,11H2,1-5H3/t13?,19-,20-/m1/s1. The van der Waals surface area contributed by atoms with Crippen molar-refractivity contribution in [3.05, 3.63) is 35.1 Å². The Hall–Kier alpha value is -2.09. The predicted molar refractivity (Wildman–Crippen MR) is 101 cm³/mol. The lowest BCUT2D eigenvalue weighted by Gasteiger charge is -2.61. The average molecular weight is 389 g/mol. The Bertz CT molecular complexity index is 846. The predicted octanol–water partition coefficient (Wildman–Crippen LogP) is 1.92. The number of allylic oxidation sites excluding steroid dienone is 1. The number of ketones is 1. The van der Waals surface area contributed by atoms with Gasteiger partial charge in [-0.25, -0.2) is 0 Å². The smallest absolute Gasteiger partial charge is 0.211 e. The second kappa shape index (κ2) is 6.47. The maximum Gasteiger partial charge on any atom is 0.211 e. The maximum absolute atomic E-state index is 12.9. The van der Waals surface area contributed by atoms with E-state index in [4.69, 9.17) is 18.9 Å². The van der Waals surface area contributed by atoms with Gasteiger partial charge in [-0.1, -0.05) is 0 Å². The van der Waals surface area contributed by atoms with Crippen molar-refractivity contribution >= 4 is 5.78 Å². The third-order valence-corrected chi connectivity index (χ3v) is 6.90. The first-order chi connectivity index (χ1) is 13.4. The number of rotatable bonds is 4. The highest BCUT2D eigenvalue weighted by Crippen LogP contribution is 2.62. The topological polar surface area (TPSA) is 77.5 Å². The molecule has 1 unspecified atom stereocenters. The van der Waals surface area contributed by atoms with Gasteiger partial charge in [0.1, 0.15) is 0 Å². The number of fused-ring (bicyclic) bond motifs is 1. The van der Waals surface area contributed by atoms with Gasteiger partial charge >= 0.3 is 0 Å². The van der Waals surface area contributed by atoms with E-state index in [0.717, 1.165) is 18.5 Å². The van der Waals surface area contributed by atoms with E-state index < -0.39 is 11.2 Å². The number of hydrogen-bond acceptors (Lipinski definition) is 7. The number of nitrogens with zero attached hydrogens (tertiary/aromatic N) is 1. The SMILES string of the molecule is COC1=CC2[C@H]3N(C)CC[C@]2(CC1=O)c1c(ccc(OC)c1O)C3(OC)OC. The van der Waals surface area contributed by atoms with Crippen LogP contribution in [0.15, 0.2) is 24.0 Å². The van der Waals surface area contributed by atoms with Gasteiger partial charge in [0.2, 0.25) is 5.79 Å². The minimum atomic E-state index is -1.10. The van der Waals surface area contributed by atoms with Gasteiger partial charge in [0, 0.05) is 43.1 Å². The van der Waals surface area contributed by atoms with Crippen LogP contribution in [0.5, 0.6) is 11.5 Å². The molecule has 1 saturated heterocycles. The van der Waals surface area contributed by atoms with Crippen molar-refractivity contribution in [3.8, 4) is 11.5 Å². The molecule has 0 spiro atoms. The first-order valence-corrected chi connectivity index (χ1v) is 9.40. The van der Waals surface area contributed by atoms with Crippen LogP contribution in [0.1, 0.15) is 24.0 Å². The van der Waals surface area contributed by atoms with Crippen molar-refractivity contribution in [1.29, 1.82) is 0 Å². The Morgan fingerprint density at radius 3 is 2.46 bits per heavy atom. The van der Waals surface area contributed by atoms with Crippen LogP contribution >= 0.6 is 0 Å². The number of likely N-dealkylation sites (tertiary alicyclic amines) is 1. The molecule has 0 aromatic heterocycles. The molecule has 1 heterocycles. The molecule has 0 radical (unpaired) electrons. The molecule has 1 fully saturated rings. The zero-order chi connectivity index (χ0) is 20.3. The largest absolute Gasteiger partial charge is 0.504 e. The van der Waals surface area contributed by atoms with E-state index in [9.17, 15) is 9.90 Å². The number of Topliss-reactive ketones (excluding diaryl/α,β-unsaturated/α-hetero) is 1. The Morgan fingerprint density at radius 2 is 1.86 bits per heavy atom. The van der Waals surface area contributed by atoms with E-state index in [1.807, 2.05) is 19.2 Å². The van der Waals surface area contributed by atoms with Gasteiger partial charge in [0.15, 0.2) is 23.0 Å². The molecule has 1 aliphatic heterocycles. The number of phenolic OH excluding ortho intramolecular Hbond substituents is 1. The number of likely N-dealkylation sites (N-methyl/N-ethyl adjacent to an activating group) is 1. The number of carbonyl (C=O) groups excluding carboxylic acids is 1. The van der Waals surface area contributed by atoms with Crippen molar-refractivity contribution in [3.63, 3.8) is 0 Å². The molecule has 4 rings (SSSR count). The monoisotopic (exact) mass is 389 g/mol. The van der Waals surface area contributed by atoms with Crippen LogP contribution in [0.25, 0.3) is 0 Å². The summed E-state index contributed by atoms with van der Waals surface area (Å²) in [4.78, 5) is 15.1. The van der Waals surface area contributed by atoms with Gasteiger partial charge in [0.25, 0.3) is 0 Å². The van der Waals surface area contributed by atoms with Gasteiger partial charge in [-0.15, -0.1) is 0 Å². The Labute approximate surface area is 164 Å². The second-order valence-electron chi connectivity index (χ2n) is 7.81. The van der Waals surface area contributed by atoms with E-state index in [2.05, 4.69) is 4.90 Å². The Kier molecular flexibility index (Phi) is 4.45. The molecule has 7 nitrogen and oxygen atoms in total. The number of hydrogen-bond donors (Lipinski definition) is 1. The molecule has 1 N–H and O–H groups in total. The van der Waals surface area contributed by atoms with Crippen LogP contribution in [0.4, 0.5) is 0 Å². The number of phenols is 1. The fourth-order valence-electron chi connectivity index (χ4n) is 5.67. The van der Waals surface area contributed by atoms with E-state index in [1.54, 1.807) is 20.3 Å². The lowest BCUT2D eigenvalue weighted by molar-refractivity contribution is -0.277. The quantitative estimate of drug-likeness (QED) is 0.789. The molecular formula is C21H27NO6. The van der Waals surface area contributed by atoms with Crippen LogP contribution in [0, 0.1) is 5.92 Å². The van der Waals surface area contributed by atoms with Crippen molar-refractivity contribution in [2.24, 2.45) is 5.92 Å². The summed E-state index contributed by atoms with van der Waals surface area (Å²) in [5.74, 6) is -0.513. The van der Waals surface area contributed by atoms with Crippen molar-refractivity contribution in [1.82, 2.24) is 4.90 Å². The molecular weight excluding hydrogens is 362 g/mol. The first-order valence-electron chi connectivity index (χ1n) is 9.40. The van der Waals surface area contributed by atoms with Crippen molar-refractivity contribution < 1.29 is 28.8 Å². The maximum atomic E-state index is 12.9. The number of piperidine rings is 1. The lowest BCUT2D eigenvalue weighted by Crippen LogP contribution is -2.68. The van der Waals surface area contributed by atoms with E-state index >= 15 is 0 Å². The summed E-state index contributed by atoms with van der Waals surface area (Å²) in [5.41, 5.74) is 0.862. The summed E-state index contributed by atoms with van der Waals surface area (Å²) in [6, 6.07) is 3.41. The van der Waals surface area contributed by atoms with E-state index in [1.165, 1.54) is 14.2 Å². The number of aromatic hydroxyl groups is 1. The first kappa shape index (κ1) is 19.2. The zero-order valence-corrected chi connectivity index (χ0v) is 16.9. The normalized spacial score (nSPS) is 30.9. The zero-order valence-electron chi connectivity index (χ0n) is 16.9. The van der Waals surface area contributed by atoms with Gasteiger partial charge in [-0.2, -0.15) is 0 Å². The summed E-state index contributed by atoms with van der Waals surface area (Å²) in [6.45, 7) is 0.745. The molecule has 152 valence electrons. The second-order valence-corrected chi connectivity index (χ2v) is 7.81. The van der Waals surface area contributed by atoms with Gasteiger partial charge < -0.3 is 24.1 Å². The summed E-state index contributed by atoms with van der Waals surface area (Å²) in [7, 11) is 8.29. The summed E-state index contributed by atoms with van der Waals surface area (Å²) >= 11 is 0. The molecule has 2 bridgehead atoms. The highest BCUT2D eigenvalue weighted by atomic mass is 16.7. The van der Waals surface area contributed by atoms with Crippen LogP contribution in [-0.4, -0.2) is 63.9 Å². The molecule has 3 aliphatic rings. The molecule has 1 aromatic rings. The van der Waals surface area contributed by atoms with Gasteiger partial charge in [-0.05, 0) is 38.2 Å². The minimum absolute atomic E-state index is 0.0496. The molecule has 0 saturated carbocycles. The third-order valence-electron chi connectivity index (χ3n) is 6.90. The fraction of sp³-hybridized carbons (Fsp3) is 0.571. The van der Waals surface area contributed by atoms with E-state index in [0.29, 0.717) is 17.1 Å². The van der Waals surface area contributed by atoms with Crippen LogP contribution in [0.3, 0.4) is 0 Å².